The van der Waals surface area contributed by atoms with Gasteiger partial charge in [0.25, 0.3) is 0 Å². The van der Waals surface area contributed by atoms with Crippen molar-refractivity contribution in [3.05, 3.63) is 0 Å². The SMILES string of the molecule is CCCNOCCONCCC. The molecule has 2 N–H and O–H groups in total. The molecule has 0 aromatic carbocycles. The zero-order valence-electron chi connectivity index (χ0n) is 8.06. The van der Waals surface area contributed by atoms with E-state index in [9.17, 15) is 0 Å². The van der Waals surface area contributed by atoms with E-state index in [1.54, 1.807) is 0 Å². The van der Waals surface area contributed by atoms with Crippen molar-refractivity contribution in [3.63, 3.8) is 0 Å². The van der Waals surface area contributed by atoms with E-state index in [0.717, 1.165) is 25.9 Å². The number of hydrogen-bond donors (Lipinski definition) is 2. The van der Waals surface area contributed by atoms with E-state index >= 15 is 0 Å². The highest BCUT2D eigenvalue weighted by molar-refractivity contribution is 4.30. The van der Waals surface area contributed by atoms with Crippen LogP contribution in [0.2, 0.25) is 0 Å². The van der Waals surface area contributed by atoms with Crippen molar-refractivity contribution < 1.29 is 9.68 Å². The van der Waals surface area contributed by atoms with Crippen molar-refractivity contribution in [1.82, 2.24) is 11.0 Å². The van der Waals surface area contributed by atoms with Crippen LogP contribution in [0, 0.1) is 0 Å². The highest BCUT2D eigenvalue weighted by atomic mass is 16.7. The maximum atomic E-state index is 5.04. The lowest BCUT2D eigenvalue weighted by Crippen LogP contribution is -2.22. The molecule has 0 aromatic heterocycles. The lowest BCUT2D eigenvalue weighted by Gasteiger charge is -2.05. The molecule has 0 aliphatic rings. The molecule has 0 saturated heterocycles. The summed E-state index contributed by atoms with van der Waals surface area (Å²) >= 11 is 0. The Morgan fingerprint density at radius 2 is 1.25 bits per heavy atom. The minimum Gasteiger partial charge on any atom is -0.299 e. The quantitative estimate of drug-likeness (QED) is 0.404. The van der Waals surface area contributed by atoms with Crippen LogP contribution < -0.4 is 11.0 Å². The summed E-state index contributed by atoms with van der Waals surface area (Å²) in [6.45, 7) is 7.13. The molecule has 0 radical (unpaired) electrons. The normalized spacial score (nSPS) is 10.5. The fraction of sp³-hybridized carbons (Fsp3) is 1.00. The van der Waals surface area contributed by atoms with Gasteiger partial charge < -0.3 is 0 Å². The van der Waals surface area contributed by atoms with Gasteiger partial charge in [-0.3, -0.25) is 9.68 Å². The maximum Gasteiger partial charge on any atom is 0.0936 e. The van der Waals surface area contributed by atoms with Crippen molar-refractivity contribution in [3.8, 4) is 0 Å². The van der Waals surface area contributed by atoms with E-state index in [2.05, 4.69) is 24.8 Å². The molecule has 0 aliphatic carbocycles. The molecule has 0 unspecified atom stereocenters. The molecule has 12 heavy (non-hydrogen) atoms. The van der Waals surface area contributed by atoms with Crippen molar-refractivity contribution in [2.75, 3.05) is 26.3 Å². The molecule has 0 atom stereocenters. The van der Waals surface area contributed by atoms with E-state index in [-0.39, 0.29) is 0 Å². The van der Waals surface area contributed by atoms with Crippen LogP contribution in [-0.2, 0) is 9.68 Å². The first-order valence-corrected chi connectivity index (χ1v) is 4.61. The van der Waals surface area contributed by atoms with Gasteiger partial charge in [-0.2, -0.15) is 0 Å². The minimum absolute atomic E-state index is 0.580. The largest absolute Gasteiger partial charge is 0.299 e. The van der Waals surface area contributed by atoms with E-state index < -0.39 is 0 Å². The second-order valence-electron chi connectivity index (χ2n) is 2.49. The lowest BCUT2D eigenvalue weighted by atomic mass is 10.5. The lowest BCUT2D eigenvalue weighted by molar-refractivity contribution is -0.0354. The highest BCUT2D eigenvalue weighted by Gasteiger charge is 1.87. The summed E-state index contributed by atoms with van der Waals surface area (Å²) in [4.78, 5) is 10.1. The molecular weight excluding hydrogens is 156 g/mol. The Labute approximate surface area is 74.5 Å². The van der Waals surface area contributed by atoms with E-state index in [0.29, 0.717) is 13.2 Å². The van der Waals surface area contributed by atoms with Crippen LogP contribution in [0.4, 0.5) is 0 Å². The molecule has 4 nitrogen and oxygen atoms in total. The first-order valence-electron chi connectivity index (χ1n) is 4.61. The van der Waals surface area contributed by atoms with Crippen LogP contribution in [0.15, 0.2) is 0 Å². The van der Waals surface area contributed by atoms with Gasteiger partial charge in [0, 0.05) is 13.1 Å². The Balaban J connectivity index is 2.73. The third-order valence-corrected chi connectivity index (χ3v) is 1.20. The molecule has 0 bridgehead atoms. The van der Waals surface area contributed by atoms with Crippen molar-refractivity contribution in [2.24, 2.45) is 0 Å². The predicted octanol–water partition coefficient (Wildman–Crippen LogP) is 0.849. The summed E-state index contributed by atoms with van der Waals surface area (Å²) in [7, 11) is 0. The summed E-state index contributed by atoms with van der Waals surface area (Å²) < 4.78 is 0. The first kappa shape index (κ1) is 11.8. The third kappa shape index (κ3) is 9.84. The van der Waals surface area contributed by atoms with Gasteiger partial charge in [-0.15, -0.1) is 0 Å². The second kappa shape index (κ2) is 10.8. The Bertz CT molecular complexity index is 71.5. The van der Waals surface area contributed by atoms with E-state index in [4.69, 9.17) is 9.68 Å². The average molecular weight is 176 g/mol. The summed E-state index contributed by atoms with van der Waals surface area (Å²) in [5.74, 6) is 0. The molecule has 0 fully saturated rings. The fourth-order valence-corrected chi connectivity index (χ4v) is 0.576. The predicted molar refractivity (Wildman–Crippen MR) is 48.5 cm³/mol. The molecule has 0 heterocycles. The second-order valence-corrected chi connectivity index (χ2v) is 2.49. The number of hydroxylamine groups is 2. The van der Waals surface area contributed by atoms with Gasteiger partial charge in [0.05, 0.1) is 13.2 Å². The molecule has 0 rings (SSSR count). The van der Waals surface area contributed by atoms with Crippen molar-refractivity contribution in [2.45, 2.75) is 26.7 Å². The van der Waals surface area contributed by atoms with Gasteiger partial charge in [0.1, 0.15) is 0 Å². The van der Waals surface area contributed by atoms with Gasteiger partial charge in [0.2, 0.25) is 0 Å². The summed E-state index contributed by atoms with van der Waals surface area (Å²) in [6.07, 6.45) is 2.16. The molecule has 4 heteroatoms. The Morgan fingerprint density at radius 1 is 0.833 bits per heavy atom. The van der Waals surface area contributed by atoms with Crippen molar-refractivity contribution in [1.29, 1.82) is 0 Å². The van der Waals surface area contributed by atoms with E-state index in [1.165, 1.54) is 0 Å². The molecular formula is C8H20N2O2. The Morgan fingerprint density at radius 3 is 1.58 bits per heavy atom. The van der Waals surface area contributed by atoms with Gasteiger partial charge in [-0.25, -0.2) is 11.0 Å². The van der Waals surface area contributed by atoms with Gasteiger partial charge >= 0.3 is 0 Å². The Hall–Kier alpha value is -0.160. The third-order valence-electron chi connectivity index (χ3n) is 1.20. The number of nitrogens with one attached hydrogen (secondary N) is 2. The first-order chi connectivity index (χ1) is 5.91. The maximum absolute atomic E-state index is 5.04. The summed E-state index contributed by atoms with van der Waals surface area (Å²) in [5, 5.41) is 0. The number of rotatable bonds is 9. The monoisotopic (exact) mass is 176 g/mol. The molecule has 74 valence electrons. The molecule has 0 aliphatic heterocycles. The minimum atomic E-state index is 0.580. The van der Waals surface area contributed by atoms with Gasteiger partial charge in [-0.05, 0) is 12.8 Å². The van der Waals surface area contributed by atoms with E-state index in [1.807, 2.05) is 0 Å². The van der Waals surface area contributed by atoms with Gasteiger partial charge in [0.15, 0.2) is 0 Å². The van der Waals surface area contributed by atoms with Crippen LogP contribution in [-0.4, -0.2) is 26.3 Å². The zero-order valence-corrected chi connectivity index (χ0v) is 8.06. The molecule has 0 saturated carbocycles. The smallest absolute Gasteiger partial charge is 0.0936 e. The van der Waals surface area contributed by atoms with Gasteiger partial charge in [-0.1, -0.05) is 13.8 Å². The summed E-state index contributed by atoms with van der Waals surface area (Å²) in [5.41, 5.74) is 5.64. The Kier molecular flexibility index (Phi) is 10.7. The van der Waals surface area contributed by atoms with Crippen LogP contribution in [0.3, 0.4) is 0 Å². The van der Waals surface area contributed by atoms with Crippen LogP contribution >= 0.6 is 0 Å². The molecule has 0 amide bonds. The summed E-state index contributed by atoms with van der Waals surface area (Å²) in [6, 6.07) is 0. The average Bonchev–Trinajstić information content (AvgIpc) is 2.10. The number of hydrogen-bond acceptors (Lipinski definition) is 4. The van der Waals surface area contributed by atoms with Crippen LogP contribution in [0.5, 0.6) is 0 Å². The fourth-order valence-electron chi connectivity index (χ4n) is 0.576. The van der Waals surface area contributed by atoms with Crippen LogP contribution in [0.25, 0.3) is 0 Å². The van der Waals surface area contributed by atoms with Crippen LogP contribution in [0.1, 0.15) is 26.7 Å². The standard InChI is InChI=1S/C8H20N2O2/c1-3-5-9-11-7-8-12-10-6-4-2/h9-10H,3-8H2,1-2H3. The molecule has 0 aromatic rings. The zero-order chi connectivity index (χ0) is 9.07. The topological polar surface area (TPSA) is 42.5 Å². The highest BCUT2D eigenvalue weighted by Crippen LogP contribution is 1.75. The molecule has 0 spiro atoms. The van der Waals surface area contributed by atoms with Crippen molar-refractivity contribution >= 4 is 0 Å².